The number of pyridine rings is 1. The summed E-state index contributed by atoms with van der Waals surface area (Å²) in [5.41, 5.74) is 0.770. The van der Waals surface area contributed by atoms with E-state index in [1.807, 2.05) is 0 Å². The van der Waals surface area contributed by atoms with Crippen LogP contribution in [0.5, 0.6) is 0 Å². The van der Waals surface area contributed by atoms with Crippen LogP contribution in [0.25, 0.3) is 32.9 Å². The van der Waals surface area contributed by atoms with E-state index in [-0.39, 0.29) is 16.6 Å². The maximum atomic E-state index is 14.3. The van der Waals surface area contributed by atoms with Crippen molar-refractivity contribution in [3.63, 3.8) is 0 Å². The molecule has 5 aromatic rings. The molecule has 0 aliphatic rings. The van der Waals surface area contributed by atoms with Crippen molar-refractivity contribution in [3.05, 3.63) is 96.1 Å². The first-order valence-corrected chi connectivity index (χ1v) is 11.0. The Hall–Kier alpha value is -4.04. The van der Waals surface area contributed by atoms with Gasteiger partial charge in [-0.25, -0.2) is 9.78 Å². The molecule has 2 N–H and O–H groups in total. The second-order valence-corrected chi connectivity index (χ2v) is 8.50. The van der Waals surface area contributed by atoms with Crippen molar-refractivity contribution in [3.8, 4) is 11.1 Å². The molecule has 0 unspecified atom stereocenters. The molecule has 1 aromatic heterocycles. The molecular formula is C27H17F3N2O2S. The SMILES string of the molecule is O=C(O)c1cc(S)ccc1Nc1ccc2cc3ccc(-c4ccccc4)c(C(F)(F)F)c3nc2c1. The molecule has 0 fully saturated rings. The highest BCUT2D eigenvalue weighted by atomic mass is 32.1. The molecule has 0 radical (unpaired) electrons. The van der Waals surface area contributed by atoms with E-state index < -0.39 is 17.7 Å². The number of alkyl halides is 3. The Bertz CT molecular complexity index is 1600. The first-order valence-electron chi connectivity index (χ1n) is 10.5. The van der Waals surface area contributed by atoms with Gasteiger partial charge in [0.05, 0.1) is 27.8 Å². The summed E-state index contributed by atoms with van der Waals surface area (Å²) in [5.74, 6) is -1.13. The van der Waals surface area contributed by atoms with Gasteiger partial charge in [0, 0.05) is 21.4 Å². The number of aromatic nitrogens is 1. The number of rotatable bonds is 4. The van der Waals surface area contributed by atoms with E-state index in [0.29, 0.717) is 38.1 Å². The number of hydrogen-bond donors (Lipinski definition) is 3. The van der Waals surface area contributed by atoms with Crippen molar-refractivity contribution in [2.75, 3.05) is 5.32 Å². The maximum absolute atomic E-state index is 14.3. The summed E-state index contributed by atoms with van der Waals surface area (Å²) in [4.78, 5) is 16.5. The number of carboxylic acids is 1. The van der Waals surface area contributed by atoms with Crippen LogP contribution in [0, 0.1) is 0 Å². The summed E-state index contributed by atoms with van der Waals surface area (Å²) in [6.45, 7) is 0. The Labute approximate surface area is 203 Å². The smallest absolute Gasteiger partial charge is 0.419 e. The van der Waals surface area contributed by atoms with Crippen molar-refractivity contribution in [2.24, 2.45) is 0 Å². The molecular weight excluding hydrogens is 473 g/mol. The number of anilines is 2. The minimum Gasteiger partial charge on any atom is -0.478 e. The molecule has 0 atom stereocenters. The minimum absolute atomic E-state index is 0.0240. The second-order valence-electron chi connectivity index (χ2n) is 7.98. The summed E-state index contributed by atoms with van der Waals surface area (Å²) in [6, 6.07) is 22.9. The molecule has 0 saturated carbocycles. The van der Waals surface area contributed by atoms with E-state index in [1.54, 1.807) is 72.8 Å². The first kappa shape index (κ1) is 22.7. The number of hydrogen-bond acceptors (Lipinski definition) is 4. The van der Waals surface area contributed by atoms with E-state index in [9.17, 15) is 23.1 Å². The molecule has 4 nitrogen and oxygen atoms in total. The van der Waals surface area contributed by atoms with Crippen LogP contribution in [0.4, 0.5) is 24.5 Å². The van der Waals surface area contributed by atoms with Crippen LogP contribution in [0.2, 0.25) is 0 Å². The number of nitrogens with one attached hydrogen (secondary N) is 1. The first-order chi connectivity index (χ1) is 16.7. The monoisotopic (exact) mass is 490 g/mol. The molecule has 0 saturated heterocycles. The van der Waals surface area contributed by atoms with Crippen LogP contribution in [0.1, 0.15) is 15.9 Å². The fraction of sp³-hybridized carbons (Fsp3) is 0.0370. The molecule has 0 aliphatic carbocycles. The quantitative estimate of drug-likeness (QED) is 0.178. The van der Waals surface area contributed by atoms with Gasteiger partial charge in [0.1, 0.15) is 0 Å². The van der Waals surface area contributed by atoms with Crippen LogP contribution in [0.15, 0.2) is 89.8 Å². The molecule has 0 bridgehead atoms. The van der Waals surface area contributed by atoms with Crippen LogP contribution in [-0.2, 0) is 6.18 Å². The number of carboxylic acid groups (broad SMARTS) is 1. The Morgan fingerprint density at radius 1 is 0.886 bits per heavy atom. The predicted octanol–water partition coefficient (Wildman–Crippen LogP) is 7.80. The van der Waals surface area contributed by atoms with Crippen LogP contribution in [-0.4, -0.2) is 16.1 Å². The molecule has 174 valence electrons. The lowest BCUT2D eigenvalue weighted by Crippen LogP contribution is -2.09. The van der Waals surface area contributed by atoms with Gasteiger partial charge in [0.2, 0.25) is 0 Å². The van der Waals surface area contributed by atoms with Gasteiger partial charge in [-0.05, 0) is 47.5 Å². The lowest BCUT2D eigenvalue weighted by molar-refractivity contribution is -0.135. The fourth-order valence-electron chi connectivity index (χ4n) is 4.09. The van der Waals surface area contributed by atoms with Gasteiger partial charge in [-0.15, -0.1) is 12.6 Å². The largest absolute Gasteiger partial charge is 0.478 e. The predicted molar refractivity (Wildman–Crippen MR) is 134 cm³/mol. The lowest BCUT2D eigenvalue weighted by atomic mass is 9.95. The Morgan fingerprint density at radius 2 is 1.63 bits per heavy atom. The third kappa shape index (κ3) is 4.40. The second kappa shape index (κ2) is 8.63. The van der Waals surface area contributed by atoms with Crippen LogP contribution < -0.4 is 5.32 Å². The summed E-state index contributed by atoms with van der Waals surface area (Å²) in [6.07, 6.45) is -4.62. The minimum atomic E-state index is -4.62. The standard InChI is InChI=1S/C27H17F3N2O2S/c28-27(29,30)24-20(15-4-2-1-3-5-15)10-7-17-12-16-6-8-18(13-23(16)32-25(17)24)31-22-11-9-19(35)14-21(22)26(33)34/h1-14,31,35H,(H,33,34). The maximum Gasteiger partial charge on any atom is 0.419 e. The average Bonchev–Trinajstić information content (AvgIpc) is 2.83. The zero-order valence-corrected chi connectivity index (χ0v) is 18.9. The van der Waals surface area contributed by atoms with Gasteiger partial charge in [-0.1, -0.05) is 48.5 Å². The molecule has 4 aromatic carbocycles. The average molecular weight is 491 g/mol. The van der Waals surface area contributed by atoms with Gasteiger partial charge in [0.25, 0.3) is 0 Å². The summed E-state index contributed by atoms with van der Waals surface area (Å²) >= 11 is 4.18. The van der Waals surface area contributed by atoms with Gasteiger partial charge < -0.3 is 10.4 Å². The Morgan fingerprint density at radius 3 is 2.34 bits per heavy atom. The van der Waals surface area contributed by atoms with Crippen molar-refractivity contribution in [1.82, 2.24) is 4.98 Å². The van der Waals surface area contributed by atoms with Crippen molar-refractivity contribution in [2.45, 2.75) is 11.1 Å². The molecule has 0 spiro atoms. The van der Waals surface area contributed by atoms with Gasteiger partial charge in [-0.3, -0.25) is 0 Å². The highest BCUT2D eigenvalue weighted by Crippen LogP contribution is 2.42. The van der Waals surface area contributed by atoms with Crippen LogP contribution >= 0.6 is 12.6 Å². The highest BCUT2D eigenvalue weighted by Gasteiger charge is 2.36. The van der Waals surface area contributed by atoms with Crippen LogP contribution in [0.3, 0.4) is 0 Å². The molecule has 35 heavy (non-hydrogen) atoms. The van der Waals surface area contributed by atoms with E-state index in [2.05, 4.69) is 22.9 Å². The van der Waals surface area contributed by atoms with Gasteiger partial charge in [-0.2, -0.15) is 13.2 Å². The lowest BCUT2D eigenvalue weighted by Gasteiger charge is -2.16. The number of nitrogens with zero attached hydrogens (tertiary/aromatic N) is 1. The van der Waals surface area contributed by atoms with E-state index in [0.717, 1.165) is 0 Å². The number of fused-ring (bicyclic) bond motifs is 2. The van der Waals surface area contributed by atoms with Crippen molar-refractivity contribution in [1.29, 1.82) is 0 Å². The number of aromatic carboxylic acids is 1. The number of thiol groups is 1. The summed E-state index contributed by atoms with van der Waals surface area (Å²) < 4.78 is 42.8. The zero-order valence-electron chi connectivity index (χ0n) is 18.0. The number of benzene rings is 4. The van der Waals surface area contributed by atoms with Crippen molar-refractivity contribution < 1.29 is 23.1 Å². The Kier molecular flexibility index (Phi) is 5.61. The fourth-order valence-corrected chi connectivity index (χ4v) is 4.30. The molecule has 0 amide bonds. The zero-order chi connectivity index (χ0) is 24.7. The van der Waals surface area contributed by atoms with Crippen molar-refractivity contribution >= 4 is 51.8 Å². The Balaban J connectivity index is 1.67. The third-order valence-corrected chi connectivity index (χ3v) is 5.94. The molecule has 5 rings (SSSR count). The number of carbonyl (C=O) groups is 1. The van der Waals surface area contributed by atoms with Gasteiger partial charge >= 0.3 is 12.1 Å². The third-order valence-electron chi connectivity index (χ3n) is 5.66. The topological polar surface area (TPSA) is 62.2 Å². The van der Waals surface area contributed by atoms with Gasteiger partial charge in [0.15, 0.2) is 0 Å². The normalized spacial score (nSPS) is 11.7. The molecule has 0 aliphatic heterocycles. The van der Waals surface area contributed by atoms with E-state index in [4.69, 9.17) is 0 Å². The molecule has 8 heteroatoms. The van der Waals surface area contributed by atoms with E-state index >= 15 is 0 Å². The summed E-state index contributed by atoms with van der Waals surface area (Å²) in [7, 11) is 0. The summed E-state index contributed by atoms with van der Waals surface area (Å²) in [5, 5.41) is 13.6. The molecule has 1 heterocycles. The number of halogens is 3. The van der Waals surface area contributed by atoms with E-state index in [1.165, 1.54) is 12.1 Å². The highest BCUT2D eigenvalue weighted by molar-refractivity contribution is 7.80.